The molecule has 1 heterocycles. The van der Waals surface area contributed by atoms with Crippen molar-refractivity contribution in [1.29, 1.82) is 0 Å². The molecule has 0 fully saturated rings. The second kappa shape index (κ2) is 9.38. The molecule has 3 nitrogen and oxygen atoms in total. The van der Waals surface area contributed by atoms with Gasteiger partial charge >= 0.3 is 11.4 Å². The molecule has 0 aromatic heterocycles. The standard InChI is InChI=1S/C26H24O3S3/c1-3-13-30-19-7-9-21-17(15-19)5-11-23-25(21)26-22-10-8-20(31-14-4-2)16-18(22)6-12-24(26)29-32(27)28-23/h5-12,15-16H,3-4,13-14H2,1-2H3. The number of hydrogen-bond acceptors (Lipinski definition) is 5. The second-order valence-corrected chi connectivity index (χ2v) is 10.8. The summed E-state index contributed by atoms with van der Waals surface area (Å²) >= 11 is 1.84. The van der Waals surface area contributed by atoms with Crippen molar-refractivity contribution in [2.24, 2.45) is 0 Å². The number of fused-ring (bicyclic) bond motifs is 7. The van der Waals surface area contributed by atoms with E-state index in [1.807, 2.05) is 47.8 Å². The van der Waals surface area contributed by atoms with E-state index >= 15 is 0 Å². The zero-order valence-electron chi connectivity index (χ0n) is 18.1. The summed E-state index contributed by atoms with van der Waals surface area (Å²) < 4.78 is 23.9. The third-order valence-electron chi connectivity index (χ3n) is 5.42. The lowest BCUT2D eigenvalue weighted by Crippen LogP contribution is -2.06. The molecule has 0 N–H and O–H groups in total. The molecule has 0 atom stereocenters. The predicted octanol–water partition coefficient (Wildman–Crippen LogP) is 8.01. The van der Waals surface area contributed by atoms with Crippen LogP contribution >= 0.6 is 23.5 Å². The summed E-state index contributed by atoms with van der Waals surface area (Å²) in [6, 6.07) is 21.0. The first kappa shape index (κ1) is 21.7. The molecule has 0 unspecified atom stereocenters. The van der Waals surface area contributed by atoms with Gasteiger partial charge in [-0.15, -0.1) is 23.5 Å². The van der Waals surface area contributed by atoms with E-state index in [4.69, 9.17) is 8.37 Å². The van der Waals surface area contributed by atoms with Crippen molar-refractivity contribution < 1.29 is 12.6 Å². The van der Waals surface area contributed by atoms with Gasteiger partial charge in [0.1, 0.15) is 0 Å². The maximum atomic E-state index is 12.5. The van der Waals surface area contributed by atoms with E-state index in [1.165, 1.54) is 9.79 Å². The Kier molecular flexibility index (Phi) is 6.35. The average Bonchev–Trinajstić information content (AvgIpc) is 2.96. The zero-order chi connectivity index (χ0) is 22.1. The number of rotatable bonds is 6. The highest BCUT2D eigenvalue weighted by Crippen LogP contribution is 2.48. The fraction of sp³-hybridized carbons (Fsp3) is 0.231. The lowest BCUT2D eigenvalue weighted by Gasteiger charge is -2.14. The molecule has 1 aliphatic heterocycles. The highest BCUT2D eigenvalue weighted by Gasteiger charge is 2.25. The third kappa shape index (κ3) is 4.12. The van der Waals surface area contributed by atoms with Crippen molar-refractivity contribution in [2.75, 3.05) is 11.5 Å². The molecule has 4 aromatic rings. The topological polar surface area (TPSA) is 35.5 Å². The average molecular weight is 481 g/mol. The molecule has 0 amide bonds. The van der Waals surface area contributed by atoms with Gasteiger partial charge < -0.3 is 8.37 Å². The van der Waals surface area contributed by atoms with Crippen LogP contribution in [0.4, 0.5) is 0 Å². The van der Waals surface area contributed by atoms with Crippen LogP contribution in [-0.4, -0.2) is 15.7 Å². The number of hydrogen-bond donors (Lipinski definition) is 0. The normalized spacial score (nSPS) is 13.3. The van der Waals surface area contributed by atoms with Gasteiger partial charge in [0, 0.05) is 20.9 Å². The Bertz CT molecular complexity index is 1230. The highest BCUT2D eigenvalue weighted by molar-refractivity contribution is 7.99. The zero-order valence-corrected chi connectivity index (χ0v) is 20.5. The van der Waals surface area contributed by atoms with Gasteiger partial charge in [-0.2, -0.15) is 4.21 Å². The maximum absolute atomic E-state index is 12.5. The van der Waals surface area contributed by atoms with E-state index in [0.29, 0.717) is 11.5 Å². The van der Waals surface area contributed by atoms with E-state index in [-0.39, 0.29) is 0 Å². The summed E-state index contributed by atoms with van der Waals surface area (Å²) in [5.74, 6) is 3.36. The van der Waals surface area contributed by atoms with Crippen LogP contribution in [-0.2, 0) is 11.4 Å². The molecule has 0 saturated carbocycles. The summed E-state index contributed by atoms with van der Waals surface area (Å²) in [6.07, 6.45) is 2.28. The Labute approximate surface area is 199 Å². The Morgan fingerprint density at radius 1 is 0.688 bits per heavy atom. The SMILES string of the molecule is CCCSc1ccc2c3c(ccc2c1)OS(=O)Oc1ccc2cc(SCCC)ccc2c1-3. The molecular formula is C26H24O3S3. The van der Waals surface area contributed by atoms with Crippen LogP contribution in [0.2, 0.25) is 0 Å². The summed E-state index contributed by atoms with van der Waals surface area (Å²) in [7, 11) is 0. The largest absolute Gasteiger partial charge is 0.417 e. The smallest absolute Gasteiger partial charge is 0.370 e. The Morgan fingerprint density at radius 3 is 1.59 bits per heavy atom. The van der Waals surface area contributed by atoms with Gasteiger partial charge in [-0.05, 0) is 82.3 Å². The van der Waals surface area contributed by atoms with E-state index in [2.05, 4.69) is 50.2 Å². The Hall–Kier alpha value is -2.15. The summed E-state index contributed by atoms with van der Waals surface area (Å²) in [4.78, 5) is 2.51. The van der Waals surface area contributed by atoms with Gasteiger partial charge in [0.2, 0.25) is 0 Å². The van der Waals surface area contributed by atoms with Crippen LogP contribution < -0.4 is 8.37 Å². The monoisotopic (exact) mass is 480 g/mol. The van der Waals surface area contributed by atoms with Gasteiger partial charge in [-0.25, -0.2) is 0 Å². The molecule has 0 bridgehead atoms. The van der Waals surface area contributed by atoms with E-state index in [9.17, 15) is 4.21 Å². The molecule has 1 aliphatic rings. The van der Waals surface area contributed by atoms with Gasteiger partial charge in [-0.1, -0.05) is 38.1 Å². The first-order chi connectivity index (χ1) is 15.7. The molecule has 5 rings (SSSR count). The lowest BCUT2D eigenvalue weighted by molar-refractivity contribution is 0.469. The van der Waals surface area contributed by atoms with Crippen molar-refractivity contribution in [3.05, 3.63) is 60.7 Å². The third-order valence-corrected chi connectivity index (χ3v) is 8.45. The van der Waals surface area contributed by atoms with Crippen molar-refractivity contribution in [2.45, 2.75) is 36.5 Å². The van der Waals surface area contributed by atoms with Crippen LogP contribution in [0.1, 0.15) is 26.7 Å². The fourth-order valence-electron chi connectivity index (χ4n) is 4.01. The lowest BCUT2D eigenvalue weighted by atomic mass is 9.92. The summed E-state index contributed by atoms with van der Waals surface area (Å²) in [6.45, 7) is 4.39. The van der Waals surface area contributed by atoms with Crippen molar-refractivity contribution in [1.82, 2.24) is 0 Å². The Balaban J connectivity index is 1.74. The van der Waals surface area contributed by atoms with Gasteiger partial charge in [-0.3, -0.25) is 0 Å². The molecule has 6 heteroatoms. The van der Waals surface area contributed by atoms with Crippen molar-refractivity contribution in [3.63, 3.8) is 0 Å². The molecule has 0 spiro atoms. The maximum Gasteiger partial charge on any atom is 0.417 e. The van der Waals surface area contributed by atoms with E-state index < -0.39 is 11.4 Å². The van der Waals surface area contributed by atoms with Gasteiger partial charge in [0.25, 0.3) is 0 Å². The van der Waals surface area contributed by atoms with Gasteiger partial charge in [0.15, 0.2) is 11.5 Å². The summed E-state index contributed by atoms with van der Waals surface area (Å²) in [5, 5.41) is 4.42. The first-order valence-corrected chi connectivity index (χ1v) is 13.8. The molecule has 4 aromatic carbocycles. The number of benzene rings is 4. The van der Waals surface area contributed by atoms with Crippen LogP contribution in [0.15, 0.2) is 70.5 Å². The molecule has 0 aliphatic carbocycles. The summed E-state index contributed by atoms with van der Waals surface area (Å²) in [5.41, 5.74) is 1.88. The van der Waals surface area contributed by atoms with E-state index in [0.717, 1.165) is 57.0 Å². The minimum absolute atomic E-state index is 0.584. The minimum Gasteiger partial charge on any atom is -0.370 e. The molecule has 0 radical (unpaired) electrons. The van der Waals surface area contributed by atoms with Crippen molar-refractivity contribution in [3.8, 4) is 22.6 Å². The molecule has 0 saturated heterocycles. The quantitative estimate of drug-likeness (QED) is 0.261. The Morgan fingerprint density at radius 2 is 1.16 bits per heavy atom. The van der Waals surface area contributed by atoms with Crippen LogP contribution in [0, 0.1) is 0 Å². The number of thioether (sulfide) groups is 2. The second-order valence-electron chi connectivity index (χ2n) is 7.71. The molecule has 164 valence electrons. The first-order valence-electron chi connectivity index (χ1n) is 10.9. The fourth-order valence-corrected chi connectivity index (χ4v) is 6.25. The van der Waals surface area contributed by atoms with Crippen LogP contribution in [0.25, 0.3) is 32.7 Å². The predicted molar refractivity (Wildman–Crippen MR) is 138 cm³/mol. The minimum atomic E-state index is -1.89. The van der Waals surface area contributed by atoms with Crippen molar-refractivity contribution >= 4 is 56.4 Å². The highest BCUT2D eigenvalue weighted by atomic mass is 32.2. The van der Waals surface area contributed by atoms with Crippen LogP contribution in [0.5, 0.6) is 11.5 Å². The van der Waals surface area contributed by atoms with Crippen LogP contribution in [0.3, 0.4) is 0 Å². The van der Waals surface area contributed by atoms with E-state index in [1.54, 1.807) is 0 Å². The van der Waals surface area contributed by atoms with Gasteiger partial charge in [0.05, 0.1) is 0 Å². The molecule has 32 heavy (non-hydrogen) atoms. The molecular weight excluding hydrogens is 456 g/mol.